The lowest BCUT2D eigenvalue weighted by Crippen LogP contribution is -2.18. The Morgan fingerprint density at radius 1 is 1.06 bits per heavy atom. The van der Waals surface area contributed by atoms with Crippen LogP contribution in [0.15, 0.2) is 54.7 Å². The predicted octanol–water partition coefficient (Wildman–Crippen LogP) is 2.93. The molecule has 0 aliphatic carbocycles. The highest BCUT2D eigenvalue weighted by Gasteiger charge is 2.03. The summed E-state index contributed by atoms with van der Waals surface area (Å²) < 4.78 is 0. The summed E-state index contributed by atoms with van der Waals surface area (Å²) in [6.45, 7) is 2.97. The molecule has 0 amide bonds. The summed E-state index contributed by atoms with van der Waals surface area (Å²) in [5.41, 5.74) is 2.38. The second-order valence-electron chi connectivity index (χ2n) is 3.83. The molecule has 0 spiro atoms. The van der Waals surface area contributed by atoms with Gasteiger partial charge in [0.15, 0.2) is 0 Å². The molecular weight excluding hydrogens is 196 g/mol. The quantitative estimate of drug-likeness (QED) is 0.842. The first-order chi connectivity index (χ1) is 7.86. The van der Waals surface area contributed by atoms with Crippen molar-refractivity contribution in [3.8, 4) is 0 Å². The Morgan fingerprint density at radius 3 is 2.50 bits per heavy atom. The maximum Gasteiger partial charge on any atom is 0.0541 e. The molecule has 2 rings (SSSR count). The van der Waals surface area contributed by atoms with Crippen molar-refractivity contribution in [1.82, 2.24) is 10.3 Å². The molecule has 0 saturated heterocycles. The molecule has 0 fully saturated rings. The highest BCUT2D eigenvalue weighted by molar-refractivity contribution is 5.18. The normalized spacial score (nSPS) is 12.3. The number of pyridine rings is 1. The molecule has 0 aliphatic rings. The molecule has 0 saturated carbocycles. The van der Waals surface area contributed by atoms with Gasteiger partial charge < -0.3 is 5.32 Å². The van der Waals surface area contributed by atoms with Crippen molar-refractivity contribution in [2.24, 2.45) is 0 Å². The molecule has 16 heavy (non-hydrogen) atoms. The Hall–Kier alpha value is -1.67. The van der Waals surface area contributed by atoms with Crippen molar-refractivity contribution in [2.45, 2.75) is 19.5 Å². The standard InChI is InChI=1S/C14H16N2/c1-12(13-7-3-2-4-8-13)16-11-14-9-5-6-10-15-14/h2-10,12,16H,11H2,1H3/t12-/m0/s1. The van der Waals surface area contributed by atoms with E-state index in [0.29, 0.717) is 6.04 Å². The molecule has 1 atom stereocenters. The number of hydrogen-bond donors (Lipinski definition) is 1. The van der Waals surface area contributed by atoms with Gasteiger partial charge in [0.05, 0.1) is 5.69 Å². The van der Waals surface area contributed by atoms with E-state index in [1.165, 1.54) is 5.56 Å². The third-order valence-electron chi connectivity index (χ3n) is 2.62. The van der Waals surface area contributed by atoms with Crippen molar-refractivity contribution >= 4 is 0 Å². The molecule has 0 aliphatic heterocycles. The first kappa shape index (κ1) is 10.8. The van der Waals surface area contributed by atoms with Gasteiger partial charge in [-0.1, -0.05) is 36.4 Å². The third-order valence-corrected chi connectivity index (χ3v) is 2.62. The van der Waals surface area contributed by atoms with Crippen LogP contribution in [0, 0.1) is 0 Å². The van der Waals surface area contributed by atoms with E-state index in [0.717, 1.165) is 12.2 Å². The van der Waals surface area contributed by atoms with E-state index in [2.05, 4.69) is 41.5 Å². The Labute approximate surface area is 96.4 Å². The van der Waals surface area contributed by atoms with Crippen LogP contribution in [0.25, 0.3) is 0 Å². The van der Waals surface area contributed by atoms with Gasteiger partial charge in [0.1, 0.15) is 0 Å². The summed E-state index contributed by atoms with van der Waals surface area (Å²) in [6.07, 6.45) is 1.82. The number of rotatable bonds is 4. The minimum absolute atomic E-state index is 0.350. The lowest BCUT2D eigenvalue weighted by atomic mass is 10.1. The number of aromatic nitrogens is 1. The number of nitrogens with one attached hydrogen (secondary N) is 1. The maximum absolute atomic E-state index is 4.28. The molecule has 0 unspecified atom stereocenters. The summed E-state index contributed by atoms with van der Waals surface area (Å²) >= 11 is 0. The van der Waals surface area contributed by atoms with Gasteiger partial charge in [-0.25, -0.2) is 0 Å². The smallest absolute Gasteiger partial charge is 0.0541 e. The van der Waals surface area contributed by atoms with Crippen LogP contribution in [0.2, 0.25) is 0 Å². The van der Waals surface area contributed by atoms with Crippen LogP contribution >= 0.6 is 0 Å². The van der Waals surface area contributed by atoms with Gasteiger partial charge in [-0.15, -0.1) is 0 Å². The molecule has 0 bridgehead atoms. The molecule has 2 heteroatoms. The van der Waals surface area contributed by atoms with Gasteiger partial charge in [-0.05, 0) is 24.6 Å². The minimum Gasteiger partial charge on any atom is -0.305 e. The van der Waals surface area contributed by atoms with Crippen LogP contribution in [-0.4, -0.2) is 4.98 Å². The lowest BCUT2D eigenvalue weighted by Gasteiger charge is -2.13. The van der Waals surface area contributed by atoms with Gasteiger partial charge in [0, 0.05) is 18.8 Å². The average molecular weight is 212 g/mol. The van der Waals surface area contributed by atoms with Crippen LogP contribution in [0.5, 0.6) is 0 Å². The largest absolute Gasteiger partial charge is 0.305 e. The van der Waals surface area contributed by atoms with Crippen molar-refractivity contribution < 1.29 is 0 Å². The topological polar surface area (TPSA) is 24.9 Å². The molecule has 0 radical (unpaired) electrons. The molecule has 1 aromatic heterocycles. The first-order valence-corrected chi connectivity index (χ1v) is 5.54. The third kappa shape index (κ3) is 2.91. The highest BCUT2D eigenvalue weighted by Crippen LogP contribution is 2.11. The van der Waals surface area contributed by atoms with Gasteiger partial charge in [0.2, 0.25) is 0 Å². The van der Waals surface area contributed by atoms with Crippen LogP contribution in [0.3, 0.4) is 0 Å². The number of benzene rings is 1. The summed E-state index contributed by atoms with van der Waals surface area (Å²) in [4.78, 5) is 4.28. The Kier molecular flexibility index (Phi) is 3.67. The molecular formula is C14H16N2. The fraction of sp³-hybridized carbons (Fsp3) is 0.214. The van der Waals surface area contributed by atoms with E-state index in [-0.39, 0.29) is 0 Å². The summed E-state index contributed by atoms with van der Waals surface area (Å²) in [5.74, 6) is 0. The molecule has 1 aromatic carbocycles. The second kappa shape index (κ2) is 5.42. The van der Waals surface area contributed by atoms with E-state index >= 15 is 0 Å². The zero-order valence-electron chi connectivity index (χ0n) is 9.43. The zero-order chi connectivity index (χ0) is 11.2. The predicted molar refractivity (Wildman–Crippen MR) is 65.9 cm³/mol. The van der Waals surface area contributed by atoms with Crippen LogP contribution in [-0.2, 0) is 6.54 Å². The highest BCUT2D eigenvalue weighted by atomic mass is 14.9. The zero-order valence-corrected chi connectivity index (χ0v) is 9.43. The maximum atomic E-state index is 4.28. The number of nitrogens with zero attached hydrogens (tertiary/aromatic N) is 1. The van der Waals surface area contributed by atoms with E-state index in [1.54, 1.807) is 0 Å². The monoisotopic (exact) mass is 212 g/mol. The molecule has 1 heterocycles. The van der Waals surface area contributed by atoms with Crippen LogP contribution in [0.1, 0.15) is 24.2 Å². The lowest BCUT2D eigenvalue weighted by molar-refractivity contribution is 0.568. The summed E-state index contributed by atoms with van der Waals surface area (Å²) in [5, 5.41) is 3.45. The van der Waals surface area contributed by atoms with Crippen LogP contribution in [0.4, 0.5) is 0 Å². The van der Waals surface area contributed by atoms with E-state index < -0.39 is 0 Å². The molecule has 2 aromatic rings. The summed E-state index contributed by atoms with van der Waals surface area (Å²) in [7, 11) is 0. The SMILES string of the molecule is C[C@H](NCc1ccccn1)c1ccccc1. The number of hydrogen-bond acceptors (Lipinski definition) is 2. The van der Waals surface area contributed by atoms with E-state index in [9.17, 15) is 0 Å². The van der Waals surface area contributed by atoms with Gasteiger partial charge >= 0.3 is 0 Å². The Bertz CT molecular complexity index is 411. The van der Waals surface area contributed by atoms with Crippen LogP contribution < -0.4 is 5.32 Å². The van der Waals surface area contributed by atoms with Crippen molar-refractivity contribution in [2.75, 3.05) is 0 Å². The van der Waals surface area contributed by atoms with Gasteiger partial charge in [0.25, 0.3) is 0 Å². The second-order valence-corrected chi connectivity index (χ2v) is 3.83. The average Bonchev–Trinajstić information content (AvgIpc) is 2.38. The first-order valence-electron chi connectivity index (χ1n) is 5.54. The molecule has 82 valence electrons. The van der Waals surface area contributed by atoms with E-state index in [4.69, 9.17) is 0 Å². The Morgan fingerprint density at radius 2 is 1.81 bits per heavy atom. The molecule has 1 N–H and O–H groups in total. The van der Waals surface area contributed by atoms with Crippen molar-refractivity contribution in [1.29, 1.82) is 0 Å². The fourth-order valence-corrected chi connectivity index (χ4v) is 1.62. The Balaban J connectivity index is 1.92. The minimum atomic E-state index is 0.350. The summed E-state index contributed by atoms with van der Waals surface area (Å²) in [6, 6.07) is 16.8. The van der Waals surface area contributed by atoms with E-state index in [1.807, 2.05) is 30.5 Å². The van der Waals surface area contributed by atoms with Gasteiger partial charge in [-0.3, -0.25) is 4.98 Å². The molecule has 2 nitrogen and oxygen atoms in total. The van der Waals surface area contributed by atoms with Crippen molar-refractivity contribution in [3.05, 3.63) is 66.0 Å². The van der Waals surface area contributed by atoms with Gasteiger partial charge in [-0.2, -0.15) is 0 Å². The fourth-order valence-electron chi connectivity index (χ4n) is 1.62. The van der Waals surface area contributed by atoms with Crippen molar-refractivity contribution in [3.63, 3.8) is 0 Å².